The summed E-state index contributed by atoms with van der Waals surface area (Å²) in [6.45, 7) is 2.06. The summed E-state index contributed by atoms with van der Waals surface area (Å²) in [5.74, 6) is 1.47. The number of ether oxygens (including phenoxy) is 2. The van der Waals surface area contributed by atoms with Crippen LogP contribution >= 0.6 is 11.3 Å². The Hall–Kier alpha value is -1.81. The third-order valence-electron chi connectivity index (χ3n) is 2.86. The quantitative estimate of drug-likeness (QED) is 0.774. The molecule has 0 saturated carbocycles. The summed E-state index contributed by atoms with van der Waals surface area (Å²) in [4.78, 5) is 5.72. The number of hydrogen-bond donors (Lipinski definition) is 0. The summed E-state index contributed by atoms with van der Waals surface area (Å²) in [6, 6.07) is 10.0. The molecule has 2 aromatic rings. The molecule has 0 radical (unpaired) electrons. The minimum absolute atomic E-state index is 0.0851. The normalized spacial score (nSPS) is 12.6. The lowest BCUT2D eigenvalue weighted by Gasteiger charge is -2.11. The second kappa shape index (κ2) is 6.38. The van der Waals surface area contributed by atoms with Crippen molar-refractivity contribution in [2.24, 2.45) is 4.99 Å². The van der Waals surface area contributed by atoms with E-state index in [2.05, 4.69) is 18.0 Å². The standard InChI is InChI=1S/C15H17NO2S/c1-11(16-10-13-5-4-8-19-13)12-6-7-14(17-2)15(9-12)18-3/h4-11H,1-3H3/t11-/m0/s1. The fraction of sp³-hybridized carbons (Fsp3) is 0.267. The van der Waals surface area contributed by atoms with Crippen molar-refractivity contribution in [2.45, 2.75) is 13.0 Å². The zero-order chi connectivity index (χ0) is 13.7. The maximum absolute atomic E-state index is 5.30. The van der Waals surface area contributed by atoms with E-state index in [1.807, 2.05) is 35.9 Å². The van der Waals surface area contributed by atoms with Gasteiger partial charge in [0.1, 0.15) is 0 Å². The van der Waals surface area contributed by atoms with Crippen molar-refractivity contribution < 1.29 is 9.47 Å². The Morgan fingerprint density at radius 1 is 1.16 bits per heavy atom. The molecule has 0 fully saturated rings. The molecular weight excluding hydrogens is 258 g/mol. The lowest BCUT2D eigenvalue weighted by atomic mass is 10.1. The van der Waals surface area contributed by atoms with Gasteiger partial charge >= 0.3 is 0 Å². The molecule has 4 heteroatoms. The Balaban J connectivity index is 2.17. The molecule has 1 aromatic carbocycles. The highest BCUT2D eigenvalue weighted by atomic mass is 32.1. The SMILES string of the molecule is COc1ccc([C@H](C)N=Cc2cccs2)cc1OC. The number of nitrogens with zero attached hydrogens (tertiary/aromatic N) is 1. The van der Waals surface area contributed by atoms with Gasteiger partial charge in [0.05, 0.1) is 20.3 Å². The number of hydrogen-bond acceptors (Lipinski definition) is 4. The number of benzene rings is 1. The first kappa shape index (κ1) is 13.6. The molecule has 0 amide bonds. The molecule has 1 heterocycles. The summed E-state index contributed by atoms with van der Waals surface area (Å²) >= 11 is 1.68. The Kier molecular flexibility index (Phi) is 4.58. The second-order valence-corrected chi connectivity index (χ2v) is 5.06. The van der Waals surface area contributed by atoms with Gasteiger partial charge in [-0.05, 0) is 36.1 Å². The summed E-state index contributed by atoms with van der Waals surface area (Å²) in [6.07, 6.45) is 1.91. The van der Waals surface area contributed by atoms with Gasteiger partial charge in [-0.15, -0.1) is 11.3 Å². The molecule has 1 atom stereocenters. The number of rotatable bonds is 5. The van der Waals surface area contributed by atoms with Gasteiger partial charge in [0.15, 0.2) is 11.5 Å². The lowest BCUT2D eigenvalue weighted by molar-refractivity contribution is 0.354. The van der Waals surface area contributed by atoms with Gasteiger partial charge in [0.25, 0.3) is 0 Å². The molecule has 0 unspecified atom stereocenters. The Bertz CT molecular complexity index is 549. The van der Waals surface area contributed by atoms with Crippen LogP contribution in [0, 0.1) is 0 Å². The van der Waals surface area contributed by atoms with Crippen molar-refractivity contribution in [3.05, 3.63) is 46.2 Å². The van der Waals surface area contributed by atoms with Crippen LogP contribution in [0.5, 0.6) is 11.5 Å². The second-order valence-electron chi connectivity index (χ2n) is 4.08. The summed E-state index contributed by atoms with van der Waals surface area (Å²) in [5, 5.41) is 2.04. The molecule has 0 aliphatic rings. The van der Waals surface area contributed by atoms with Crippen LogP contribution in [0.25, 0.3) is 0 Å². The van der Waals surface area contributed by atoms with Crippen molar-refractivity contribution in [1.29, 1.82) is 0 Å². The molecule has 100 valence electrons. The van der Waals surface area contributed by atoms with Gasteiger partial charge in [-0.1, -0.05) is 12.1 Å². The minimum atomic E-state index is 0.0851. The molecule has 0 aliphatic heterocycles. The van der Waals surface area contributed by atoms with Crippen LogP contribution in [-0.4, -0.2) is 20.4 Å². The molecule has 2 rings (SSSR count). The van der Waals surface area contributed by atoms with Gasteiger partial charge in [0.2, 0.25) is 0 Å². The van der Waals surface area contributed by atoms with E-state index in [-0.39, 0.29) is 6.04 Å². The van der Waals surface area contributed by atoms with E-state index < -0.39 is 0 Å². The van der Waals surface area contributed by atoms with Crippen LogP contribution in [0.4, 0.5) is 0 Å². The largest absolute Gasteiger partial charge is 0.493 e. The number of methoxy groups -OCH3 is 2. The molecule has 0 aliphatic carbocycles. The van der Waals surface area contributed by atoms with Gasteiger partial charge < -0.3 is 9.47 Å². The molecule has 0 bridgehead atoms. The van der Waals surface area contributed by atoms with E-state index in [0.29, 0.717) is 0 Å². The van der Waals surface area contributed by atoms with Crippen molar-refractivity contribution in [3.63, 3.8) is 0 Å². The lowest BCUT2D eigenvalue weighted by Crippen LogP contribution is -1.95. The zero-order valence-corrected chi connectivity index (χ0v) is 12.1. The van der Waals surface area contributed by atoms with Crippen molar-refractivity contribution in [2.75, 3.05) is 14.2 Å². The Morgan fingerprint density at radius 3 is 2.58 bits per heavy atom. The molecule has 0 N–H and O–H groups in total. The maximum atomic E-state index is 5.30. The van der Waals surface area contributed by atoms with Crippen LogP contribution in [-0.2, 0) is 0 Å². The molecule has 1 aromatic heterocycles. The van der Waals surface area contributed by atoms with Crippen LogP contribution in [0.3, 0.4) is 0 Å². The van der Waals surface area contributed by atoms with E-state index in [0.717, 1.165) is 21.9 Å². The van der Waals surface area contributed by atoms with Gasteiger partial charge in [-0.25, -0.2) is 0 Å². The van der Waals surface area contributed by atoms with E-state index in [4.69, 9.17) is 9.47 Å². The van der Waals surface area contributed by atoms with Gasteiger partial charge in [0, 0.05) is 11.1 Å². The first-order valence-electron chi connectivity index (χ1n) is 6.03. The van der Waals surface area contributed by atoms with Crippen LogP contribution < -0.4 is 9.47 Å². The monoisotopic (exact) mass is 275 g/mol. The molecule has 0 spiro atoms. The molecular formula is C15H17NO2S. The fourth-order valence-electron chi connectivity index (χ4n) is 1.75. The predicted octanol–water partition coefficient (Wildman–Crippen LogP) is 3.95. The topological polar surface area (TPSA) is 30.8 Å². The highest BCUT2D eigenvalue weighted by molar-refractivity contribution is 7.11. The van der Waals surface area contributed by atoms with E-state index in [1.54, 1.807) is 25.6 Å². The smallest absolute Gasteiger partial charge is 0.161 e. The zero-order valence-electron chi connectivity index (χ0n) is 11.3. The molecule has 19 heavy (non-hydrogen) atoms. The third-order valence-corrected chi connectivity index (χ3v) is 3.67. The number of thiophene rings is 1. The summed E-state index contributed by atoms with van der Waals surface area (Å²) in [7, 11) is 3.27. The average Bonchev–Trinajstić information content (AvgIpc) is 2.97. The fourth-order valence-corrected chi connectivity index (χ4v) is 2.34. The molecule has 0 saturated heterocycles. The van der Waals surface area contributed by atoms with Crippen LogP contribution in [0.15, 0.2) is 40.7 Å². The van der Waals surface area contributed by atoms with Crippen molar-refractivity contribution >= 4 is 17.6 Å². The highest BCUT2D eigenvalue weighted by Gasteiger charge is 2.08. The van der Waals surface area contributed by atoms with Crippen LogP contribution in [0.2, 0.25) is 0 Å². The van der Waals surface area contributed by atoms with Gasteiger partial charge in [-0.2, -0.15) is 0 Å². The Labute approximate surface area is 117 Å². The molecule has 3 nitrogen and oxygen atoms in total. The van der Waals surface area contributed by atoms with E-state index >= 15 is 0 Å². The van der Waals surface area contributed by atoms with E-state index in [1.165, 1.54) is 0 Å². The Morgan fingerprint density at radius 2 is 1.95 bits per heavy atom. The predicted molar refractivity (Wildman–Crippen MR) is 79.9 cm³/mol. The van der Waals surface area contributed by atoms with Crippen LogP contribution in [0.1, 0.15) is 23.4 Å². The average molecular weight is 275 g/mol. The minimum Gasteiger partial charge on any atom is -0.493 e. The maximum Gasteiger partial charge on any atom is 0.161 e. The highest BCUT2D eigenvalue weighted by Crippen LogP contribution is 2.30. The third kappa shape index (κ3) is 3.35. The summed E-state index contributed by atoms with van der Waals surface area (Å²) in [5.41, 5.74) is 1.10. The van der Waals surface area contributed by atoms with E-state index in [9.17, 15) is 0 Å². The van der Waals surface area contributed by atoms with Crippen molar-refractivity contribution in [3.8, 4) is 11.5 Å². The number of aliphatic imine (C=N–C) groups is 1. The first-order valence-corrected chi connectivity index (χ1v) is 6.91. The van der Waals surface area contributed by atoms with Gasteiger partial charge in [-0.3, -0.25) is 4.99 Å². The van der Waals surface area contributed by atoms with Crippen molar-refractivity contribution in [1.82, 2.24) is 0 Å². The first-order chi connectivity index (χ1) is 9.24. The summed E-state index contributed by atoms with van der Waals surface area (Å²) < 4.78 is 10.5.